The zero-order valence-corrected chi connectivity index (χ0v) is 17.2. The summed E-state index contributed by atoms with van der Waals surface area (Å²) in [7, 11) is 0. The summed E-state index contributed by atoms with van der Waals surface area (Å²) in [4.78, 5) is 27.3. The molecule has 5 nitrogen and oxygen atoms in total. The zero-order chi connectivity index (χ0) is 21.1. The minimum absolute atomic E-state index is 0.0476. The molecule has 158 valence electrons. The molecule has 2 heterocycles. The van der Waals surface area contributed by atoms with E-state index in [9.17, 15) is 14.0 Å². The van der Waals surface area contributed by atoms with Gasteiger partial charge in [0, 0.05) is 36.9 Å². The van der Waals surface area contributed by atoms with Gasteiger partial charge in [-0.15, -0.1) is 0 Å². The Morgan fingerprint density at radius 1 is 1.17 bits per heavy atom. The number of rotatable bonds is 5. The van der Waals surface area contributed by atoms with Crippen molar-refractivity contribution < 1.29 is 18.7 Å². The second-order valence-corrected chi connectivity index (χ2v) is 8.04. The van der Waals surface area contributed by atoms with Gasteiger partial charge >= 0.3 is 0 Å². The van der Waals surface area contributed by atoms with Crippen molar-refractivity contribution >= 4 is 17.5 Å². The van der Waals surface area contributed by atoms with Gasteiger partial charge in [-0.25, -0.2) is 4.39 Å². The van der Waals surface area contributed by atoms with E-state index >= 15 is 0 Å². The summed E-state index contributed by atoms with van der Waals surface area (Å²) in [6.45, 7) is 3.42. The van der Waals surface area contributed by atoms with Crippen LogP contribution in [0, 0.1) is 5.92 Å². The number of ether oxygens (including phenoxy) is 1. The van der Waals surface area contributed by atoms with Gasteiger partial charge < -0.3 is 15.0 Å². The number of nitrogens with one attached hydrogen (secondary N) is 1. The number of alkyl halides is 1. The standard InChI is InChI=1S/C24H27FN2O3/c1-16(26-23(28)18-4-2-17(15-25)3-5-18)20-6-7-22-21(14-20)8-11-27(22)24(29)19-9-12-30-13-10-19/h2-7,14,16,19H,8-13,15H2,1H3,(H,26,28). The summed E-state index contributed by atoms with van der Waals surface area (Å²) in [5.74, 6) is 0.0546. The van der Waals surface area contributed by atoms with Crippen LogP contribution in [0.1, 0.15) is 52.9 Å². The molecule has 2 aliphatic rings. The fourth-order valence-electron chi connectivity index (χ4n) is 4.19. The molecule has 0 radical (unpaired) electrons. The lowest BCUT2D eigenvalue weighted by molar-refractivity contribution is -0.125. The zero-order valence-electron chi connectivity index (χ0n) is 17.2. The molecule has 2 aliphatic heterocycles. The van der Waals surface area contributed by atoms with Crippen LogP contribution in [0.2, 0.25) is 0 Å². The van der Waals surface area contributed by atoms with Crippen LogP contribution < -0.4 is 10.2 Å². The van der Waals surface area contributed by atoms with Crippen LogP contribution in [0.25, 0.3) is 0 Å². The van der Waals surface area contributed by atoms with Crippen LogP contribution in [0.3, 0.4) is 0 Å². The Bertz CT molecular complexity index is 923. The minimum Gasteiger partial charge on any atom is -0.381 e. The van der Waals surface area contributed by atoms with E-state index in [1.54, 1.807) is 24.3 Å². The number of halogens is 1. The maximum atomic E-state index is 12.9. The molecule has 1 N–H and O–H groups in total. The summed E-state index contributed by atoms with van der Waals surface area (Å²) in [5.41, 5.74) is 4.19. The fourth-order valence-corrected chi connectivity index (χ4v) is 4.19. The van der Waals surface area contributed by atoms with E-state index in [0.717, 1.165) is 36.1 Å². The molecular formula is C24H27FN2O3. The Morgan fingerprint density at radius 3 is 2.60 bits per heavy atom. The van der Waals surface area contributed by atoms with Crippen LogP contribution in [0.15, 0.2) is 42.5 Å². The number of hydrogen-bond acceptors (Lipinski definition) is 3. The number of carbonyl (C=O) groups excluding carboxylic acids is 2. The molecule has 0 spiro atoms. The molecule has 0 aliphatic carbocycles. The Kier molecular flexibility index (Phi) is 6.13. The van der Waals surface area contributed by atoms with Gasteiger partial charge in [0.2, 0.25) is 5.91 Å². The van der Waals surface area contributed by atoms with E-state index in [0.29, 0.717) is 30.9 Å². The number of anilines is 1. The topological polar surface area (TPSA) is 58.6 Å². The Labute approximate surface area is 176 Å². The van der Waals surface area contributed by atoms with Crippen molar-refractivity contribution in [1.29, 1.82) is 0 Å². The largest absolute Gasteiger partial charge is 0.381 e. The van der Waals surface area contributed by atoms with E-state index < -0.39 is 6.67 Å². The third-order valence-electron chi connectivity index (χ3n) is 6.05. The number of nitrogens with zero attached hydrogens (tertiary/aromatic N) is 1. The first kappa shape index (κ1) is 20.5. The molecule has 2 aromatic carbocycles. The number of carbonyl (C=O) groups is 2. The van der Waals surface area contributed by atoms with E-state index in [4.69, 9.17) is 4.74 Å². The summed E-state index contributed by atoms with van der Waals surface area (Å²) >= 11 is 0. The van der Waals surface area contributed by atoms with Crippen molar-refractivity contribution in [3.8, 4) is 0 Å². The highest BCUT2D eigenvalue weighted by Crippen LogP contribution is 2.33. The highest BCUT2D eigenvalue weighted by molar-refractivity contribution is 5.97. The summed E-state index contributed by atoms with van der Waals surface area (Å²) in [6, 6.07) is 12.4. The van der Waals surface area contributed by atoms with Crippen molar-refractivity contribution in [3.63, 3.8) is 0 Å². The predicted molar refractivity (Wildman–Crippen MR) is 113 cm³/mol. The lowest BCUT2D eigenvalue weighted by Gasteiger charge is -2.27. The number of benzene rings is 2. The smallest absolute Gasteiger partial charge is 0.251 e. The average molecular weight is 410 g/mol. The van der Waals surface area contributed by atoms with Crippen LogP contribution in [-0.4, -0.2) is 31.6 Å². The van der Waals surface area contributed by atoms with Crippen LogP contribution in [-0.2, 0) is 22.6 Å². The monoisotopic (exact) mass is 410 g/mol. The summed E-state index contributed by atoms with van der Waals surface area (Å²) < 4.78 is 18.0. The first-order chi connectivity index (χ1) is 14.6. The van der Waals surface area contributed by atoms with E-state index in [-0.39, 0.29) is 23.8 Å². The van der Waals surface area contributed by atoms with Gasteiger partial charge in [-0.05, 0) is 61.1 Å². The van der Waals surface area contributed by atoms with Crippen molar-refractivity contribution in [2.24, 2.45) is 5.92 Å². The SMILES string of the molecule is CC(NC(=O)c1ccc(CF)cc1)c1ccc2c(c1)CCN2C(=O)C1CCOCC1. The molecule has 2 amide bonds. The Hall–Kier alpha value is -2.73. The third-order valence-corrected chi connectivity index (χ3v) is 6.05. The number of amides is 2. The van der Waals surface area contributed by atoms with Gasteiger partial charge in [-0.2, -0.15) is 0 Å². The number of fused-ring (bicyclic) bond motifs is 1. The highest BCUT2D eigenvalue weighted by Gasteiger charge is 2.31. The molecule has 30 heavy (non-hydrogen) atoms. The molecular weight excluding hydrogens is 383 g/mol. The van der Waals surface area contributed by atoms with Crippen molar-refractivity contribution in [2.75, 3.05) is 24.7 Å². The van der Waals surface area contributed by atoms with Crippen molar-refractivity contribution in [2.45, 2.75) is 38.9 Å². The maximum absolute atomic E-state index is 12.9. The van der Waals surface area contributed by atoms with E-state index in [1.807, 2.05) is 24.0 Å². The Morgan fingerprint density at radius 2 is 1.90 bits per heavy atom. The van der Waals surface area contributed by atoms with Gasteiger partial charge in [0.15, 0.2) is 0 Å². The summed E-state index contributed by atoms with van der Waals surface area (Å²) in [6.07, 6.45) is 2.40. The molecule has 0 saturated carbocycles. The first-order valence-electron chi connectivity index (χ1n) is 10.5. The third kappa shape index (κ3) is 4.24. The number of hydrogen-bond donors (Lipinski definition) is 1. The van der Waals surface area contributed by atoms with Gasteiger partial charge in [0.05, 0.1) is 6.04 Å². The van der Waals surface area contributed by atoms with Crippen LogP contribution >= 0.6 is 0 Å². The maximum Gasteiger partial charge on any atom is 0.251 e. The first-order valence-corrected chi connectivity index (χ1v) is 10.5. The molecule has 2 aromatic rings. The second-order valence-electron chi connectivity index (χ2n) is 8.04. The minimum atomic E-state index is -0.540. The van der Waals surface area contributed by atoms with Gasteiger partial charge in [0.1, 0.15) is 6.67 Å². The fraction of sp³-hybridized carbons (Fsp3) is 0.417. The molecule has 6 heteroatoms. The predicted octanol–water partition coefficient (Wildman–Crippen LogP) is 3.96. The molecule has 1 fully saturated rings. The van der Waals surface area contributed by atoms with E-state index in [2.05, 4.69) is 11.4 Å². The molecule has 1 saturated heterocycles. The van der Waals surface area contributed by atoms with Gasteiger partial charge in [-0.1, -0.05) is 24.3 Å². The lowest BCUT2D eigenvalue weighted by Crippen LogP contribution is -2.37. The molecule has 4 rings (SSSR count). The Balaban J connectivity index is 1.43. The lowest BCUT2D eigenvalue weighted by atomic mass is 9.98. The quantitative estimate of drug-likeness (QED) is 0.812. The molecule has 1 unspecified atom stereocenters. The average Bonchev–Trinajstić information content (AvgIpc) is 3.22. The van der Waals surface area contributed by atoms with Crippen LogP contribution in [0.5, 0.6) is 0 Å². The van der Waals surface area contributed by atoms with Crippen molar-refractivity contribution in [3.05, 3.63) is 64.7 Å². The second kappa shape index (κ2) is 8.96. The molecule has 0 aromatic heterocycles. The van der Waals surface area contributed by atoms with Crippen molar-refractivity contribution in [1.82, 2.24) is 5.32 Å². The van der Waals surface area contributed by atoms with E-state index in [1.165, 1.54) is 0 Å². The highest BCUT2D eigenvalue weighted by atomic mass is 19.1. The summed E-state index contributed by atoms with van der Waals surface area (Å²) in [5, 5.41) is 3.00. The van der Waals surface area contributed by atoms with Crippen LogP contribution in [0.4, 0.5) is 10.1 Å². The molecule has 1 atom stereocenters. The van der Waals surface area contributed by atoms with Gasteiger partial charge in [-0.3, -0.25) is 9.59 Å². The normalized spacial score (nSPS) is 17.5. The van der Waals surface area contributed by atoms with Gasteiger partial charge in [0.25, 0.3) is 5.91 Å². The molecule has 0 bridgehead atoms.